The van der Waals surface area contributed by atoms with Crippen molar-refractivity contribution in [3.63, 3.8) is 0 Å². The van der Waals surface area contributed by atoms with Crippen LogP contribution < -0.4 is 10.5 Å². The van der Waals surface area contributed by atoms with Gasteiger partial charge in [0.2, 0.25) is 5.75 Å². The number of nitrogens with two attached hydrogens (primary N) is 1. The monoisotopic (exact) mass is 219 g/mol. The molecule has 82 valence electrons. The Morgan fingerprint density at radius 3 is 2.67 bits per heavy atom. The number of anilines is 1. The second kappa shape index (κ2) is 4.03. The number of methoxy groups -OCH3 is 1. The molecule has 6 nitrogen and oxygen atoms in total. The molecular formula is C7H7F2N3O3. The van der Waals surface area contributed by atoms with Crippen LogP contribution in [0.2, 0.25) is 0 Å². The van der Waals surface area contributed by atoms with Gasteiger partial charge in [-0.05, 0) is 0 Å². The number of hydrogen-bond donors (Lipinski definition) is 1. The molecule has 0 fully saturated rings. The third-order valence-electron chi connectivity index (χ3n) is 1.61. The highest BCUT2D eigenvalue weighted by Gasteiger charge is 2.29. The lowest BCUT2D eigenvalue weighted by Crippen LogP contribution is -2.04. The lowest BCUT2D eigenvalue weighted by atomic mass is 10.2. The van der Waals surface area contributed by atoms with Gasteiger partial charge < -0.3 is 10.5 Å². The Morgan fingerprint density at radius 2 is 2.27 bits per heavy atom. The predicted octanol–water partition coefficient (Wildman–Crippen LogP) is 1.52. The van der Waals surface area contributed by atoms with Crippen LogP contribution in [0.25, 0.3) is 0 Å². The molecule has 0 aliphatic rings. The highest BCUT2D eigenvalue weighted by atomic mass is 19.3. The first kappa shape index (κ1) is 11.1. The van der Waals surface area contributed by atoms with Gasteiger partial charge in [0, 0.05) is 6.07 Å². The lowest BCUT2D eigenvalue weighted by molar-refractivity contribution is -0.387. The molecule has 8 heteroatoms. The number of alkyl halides is 2. The summed E-state index contributed by atoms with van der Waals surface area (Å²) in [5.41, 5.74) is 3.35. The molecule has 1 aromatic heterocycles. The molecule has 0 atom stereocenters. The minimum atomic E-state index is -3.08. The lowest BCUT2D eigenvalue weighted by Gasteiger charge is -2.06. The van der Waals surface area contributed by atoms with Gasteiger partial charge in [-0.3, -0.25) is 10.1 Å². The van der Waals surface area contributed by atoms with Crippen molar-refractivity contribution < 1.29 is 18.4 Å². The second-order valence-corrected chi connectivity index (χ2v) is 2.54. The van der Waals surface area contributed by atoms with Crippen LogP contribution in [-0.2, 0) is 0 Å². The molecule has 15 heavy (non-hydrogen) atoms. The van der Waals surface area contributed by atoms with Gasteiger partial charge in [0.1, 0.15) is 5.82 Å². The fourth-order valence-corrected chi connectivity index (χ4v) is 1.04. The molecule has 0 saturated heterocycles. The number of ether oxygens (including phenoxy) is 1. The molecule has 1 rings (SSSR count). The van der Waals surface area contributed by atoms with E-state index >= 15 is 0 Å². The van der Waals surface area contributed by atoms with Crippen LogP contribution in [0.15, 0.2) is 6.07 Å². The van der Waals surface area contributed by atoms with Crippen LogP contribution in [0.4, 0.5) is 20.3 Å². The molecule has 1 aromatic rings. The first-order chi connectivity index (χ1) is 6.97. The number of pyridine rings is 1. The maximum atomic E-state index is 12.4. The number of nitro groups is 1. The molecule has 0 aromatic carbocycles. The Bertz CT molecular complexity index is 397. The summed E-state index contributed by atoms with van der Waals surface area (Å²) in [6.45, 7) is 0. The van der Waals surface area contributed by atoms with Crippen LogP contribution in [0.5, 0.6) is 5.75 Å². The summed E-state index contributed by atoms with van der Waals surface area (Å²) in [7, 11) is 1.12. The molecule has 0 bridgehead atoms. The van der Waals surface area contributed by atoms with Gasteiger partial charge in [-0.25, -0.2) is 13.8 Å². The zero-order valence-corrected chi connectivity index (χ0v) is 7.61. The summed E-state index contributed by atoms with van der Waals surface area (Å²) in [6, 6.07) is 1.02. The topological polar surface area (TPSA) is 91.3 Å². The van der Waals surface area contributed by atoms with E-state index in [-0.39, 0.29) is 11.6 Å². The maximum absolute atomic E-state index is 12.4. The van der Waals surface area contributed by atoms with Gasteiger partial charge in [-0.15, -0.1) is 0 Å². The van der Waals surface area contributed by atoms with E-state index in [1.165, 1.54) is 0 Å². The highest BCUT2D eigenvalue weighted by Crippen LogP contribution is 2.36. The average Bonchev–Trinajstić information content (AvgIpc) is 2.15. The third-order valence-corrected chi connectivity index (χ3v) is 1.61. The maximum Gasteiger partial charge on any atom is 0.338 e. The van der Waals surface area contributed by atoms with Crippen molar-refractivity contribution in [3.8, 4) is 5.75 Å². The number of nitrogens with zero attached hydrogens (tertiary/aromatic N) is 2. The van der Waals surface area contributed by atoms with Crippen LogP contribution in [0.1, 0.15) is 12.1 Å². The summed E-state index contributed by atoms with van der Waals surface area (Å²) in [5, 5.41) is 10.5. The number of aromatic nitrogens is 1. The number of hydrogen-bond acceptors (Lipinski definition) is 5. The Balaban J connectivity index is 3.47. The van der Waals surface area contributed by atoms with E-state index < -0.39 is 22.7 Å². The zero-order valence-electron chi connectivity index (χ0n) is 7.61. The number of nitrogen functional groups attached to an aromatic ring is 1. The zero-order chi connectivity index (χ0) is 11.6. The molecule has 0 unspecified atom stereocenters. The first-order valence-corrected chi connectivity index (χ1v) is 3.74. The molecule has 0 saturated carbocycles. The van der Waals surface area contributed by atoms with Crippen LogP contribution in [0.3, 0.4) is 0 Å². The normalized spacial score (nSPS) is 10.4. The van der Waals surface area contributed by atoms with Crippen molar-refractivity contribution in [1.29, 1.82) is 0 Å². The predicted molar refractivity (Wildman–Crippen MR) is 46.8 cm³/mol. The molecule has 1 heterocycles. The standard InChI is InChI=1S/C7H7F2N3O3/c1-15-3-2-4(10)11-5(7(8)9)6(3)12(13)14/h2,7H,1H3,(H2,10,11). The van der Waals surface area contributed by atoms with E-state index in [1.807, 2.05) is 0 Å². The summed E-state index contributed by atoms with van der Waals surface area (Å²) < 4.78 is 29.4. The Kier molecular flexibility index (Phi) is 2.98. The van der Waals surface area contributed by atoms with E-state index in [1.54, 1.807) is 0 Å². The van der Waals surface area contributed by atoms with Gasteiger partial charge in [0.05, 0.1) is 12.0 Å². The molecule has 0 radical (unpaired) electrons. The van der Waals surface area contributed by atoms with Crippen molar-refractivity contribution in [2.75, 3.05) is 12.8 Å². The van der Waals surface area contributed by atoms with Gasteiger partial charge in [0.25, 0.3) is 6.43 Å². The van der Waals surface area contributed by atoms with Crippen molar-refractivity contribution in [3.05, 3.63) is 21.9 Å². The summed E-state index contributed by atoms with van der Waals surface area (Å²) in [5.74, 6) is -0.587. The van der Waals surface area contributed by atoms with Gasteiger partial charge in [-0.2, -0.15) is 0 Å². The van der Waals surface area contributed by atoms with Gasteiger partial charge in [-0.1, -0.05) is 0 Å². The van der Waals surface area contributed by atoms with Crippen molar-refractivity contribution in [2.24, 2.45) is 0 Å². The summed E-state index contributed by atoms with van der Waals surface area (Å²) in [6.07, 6.45) is -3.08. The van der Waals surface area contributed by atoms with Crippen molar-refractivity contribution >= 4 is 11.5 Å². The molecule has 0 amide bonds. The molecule has 0 spiro atoms. The Hall–Kier alpha value is -1.99. The van der Waals surface area contributed by atoms with E-state index in [9.17, 15) is 18.9 Å². The fourth-order valence-electron chi connectivity index (χ4n) is 1.04. The highest BCUT2D eigenvalue weighted by molar-refractivity contribution is 5.55. The minimum absolute atomic E-state index is 0.257. The fraction of sp³-hybridized carbons (Fsp3) is 0.286. The summed E-state index contributed by atoms with van der Waals surface area (Å²) >= 11 is 0. The molecule has 2 N–H and O–H groups in total. The molecular weight excluding hydrogens is 212 g/mol. The Labute approximate surface area is 82.8 Å². The van der Waals surface area contributed by atoms with E-state index in [0.29, 0.717) is 0 Å². The van der Waals surface area contributed by atoms with E-state index in [2.05, 4.69) is 9.72 Å². The Morgan fingerprint density at radius 1 is 1.67 bits per heavy atom. The second-order valence-electron chi connectivity index (χ2n) is 2.54. The van der Waals surface area contributed by atoms with Crippen LogP contribution in [-0.4, -0.2) is 17.0 Å². The smallest absolute Gasteiger partial charge is 0.338 e. The quantitative estimate of drug-likeness (QED) is 0.614. The SMILES string of the molecule is COc1cc(N)nc(C(F)F)c1[N+](=O)[O-]. The van der Waals surface area contributed by atoms with Gasteiger partial charge in [0.15, 0.2) is 5.69 Å². The minimum Gasteiger partial charge on any atom is -0.490 e. The van der Waals surface area contributed by atoms with Crippen molar-refractivity contribution in [1.82, 2.24) is 4.98 Å². The largest absolute Gasteiger partial charge is 0.490 e. The molecule has 0 aliphatic heterocycles. The van der Waals surface area contributed by atoms with Gasteiger partial charge >= 0.3 is 5.69 Å². The van der Waals surface area contributed by atoms with E-state index in [4.69, 9.17) is 5.73 Å². The number of halogens is 2. The first-order valence-electron chi connectivity index (χ1n) is 3.74. The van der Waals surface area contributed by atoms with Crippen LogP contribution in [0, 0.1) is 10.1 Å². The third kappa shape index (κ3) is 2.09. The average molecular weight is 219 g/mol. The molecule has 0 aliphatic carbocycles. The summed E-state index contributed by atoms with van der Waals surface area (Å²) in [4.78, 5) is 12.8. The van der Waals surface area contributed by atoms with Crippen molar-refractivity contribution in [2.45, 2.75) is 6.43 Å². The van der Waals surface area contributed by atoms with Crippen LogP contribution >= 0.6 is 0 Å². The number of rotatable bonds is 3. The van der Waals surface area contributed by atoms with E-state index in [0.717, 1.165) is 13.2 Å².